The second-order valence-electron chi connectivity index (χ2n) is 8.17. The molecule has 2 atom stereocenters. The van der Waals surface area contributed by atoms with Crippen LogP contribution in [0.4, 0.5) is 0 Å². The Hall–Kier alpha value is -0.160. The number of rotatable bonds is 7. The monoisotopic (exact) mass is 496 g/mol. The van der Waals surface area contributed by atoms with Gasteiger partial charge in [-0.15, -0.1) is 24.0 Å². The van der Waals surface area contributed by atoms with Crippen LogP contribution in [0.15, 0.2) is 4.99 Å². The first-order chi connectivity index (χ1) is 12.5. The summed E-state index contributed by atoms with van der Waals surface area (Å²) in [5.74, 6) is 1.57. The number of likely N-dealkylation sites (N-methyl/N-ethyl adjacent to an activating group) is 1. The molecular formula is C19H41IN6O. The number of hydrogen-bond donors (Lipinski definition) is 2. The number of guanidine groups is 1. The summed E-state index contributed by atoms with van der Waals surface area (Å²) in [7, 11) is 4.03. The molecule has 0 saturated carbocycles. The van der Waals surface area contributed by atoms with Crippen molar-refractivity contribution in [1.82, 2.24) is 25.3 Å². The molecule has 2 heterocycles. The number of hydrogen-bond acceptors (Lipinski definition) is 5. The summed E-state index contributed by atoms with van der Waals surface area (Å²) in [6.45, 7) is 17.2. The van der Waals surface area contributed by atoms with Crippen LogP contribution in [0.5, 0.6) is 0 Å². The van der Waals surface area contributed by atoms with E-state index < -0.39 is 0 Å². The molecule has 0 spiro atoms. The van der Waals surface area contributed by atoms with E-state index in [0.29, 0.717) is 12.0 Å². The Labute approximate surface area is 183 Å². The highest BCUT2D eigenvalue weighted by atomic mass is 127. The first-order valence-electron chi connectivity index (χ1n) is 10.2. The quantitative estimate of drug-likeness (QED) is 0.309. The molecule has 0 amide bonds. The lowest BCUT2D eigenvalue weighted by Gasteiger charge is -2.36. The Morgan fingerprint density at radius 3 is 2.44 bits per heavy atom. The van der Waals surface area contributed by atoms with Crippen molar-refractivity contribution in [2.24, 2.45) is 10.9 Å². The Balaban J connectivity index is 0.00000364. The summed E-state index contributed by atoms with van der Waals surface area (Å²) in [6, 6.07) is 0.509. The van der Waals surface area contributed by atoms with E-state index in [9.17, 15) is 0 Å². The van der Waals surface area contributed by atoms with Crippen LogP contribution >= 0.6 is 24.0 Å². The minimum atomic E-state index is 0. The van der Waals surface area contributed by atoms with E-state index in [4.69, 9.17) is 4.74 Å². The normalized spacial score (nSPS) is 24.5. The molecule has 0 aromatic heterocycles. The van der Waals surface area contributed by atoms with E-state index >= 15 is 0 Å². The summed E-state index contributed by atoms with van der Waals surface area (Å²) in [5.41, 5.74) is 0. The third-order valence-electron chi connectivity index (χ3n) is 5.29. The summed E-state index contributed by atoms with van der Waals surface area (Å²) >= 11 is 0. The highest BCUT2D eigenvalue weighted by molar-refractivity contribution is 14.0. The molecule has 2 fully saturated rings. The summed E-state index contributed by atoms with van der Waals surface area (Å²) in [4.78, 5) is 11.8. The second-order valence-corrected chi connectivity index (χ2v) is 8.17. The van der Waals surface area contributed by atoms with Crippen LogP contribution in [0.2, 0.25) is 0 Å². The van der Waals surface area contributed by atoms with Gasteiger partial charge in [-0.1, -0.05) is 13.8 Å². The van der Waals surface area contributed by atoms with Gasteiger partial charge < -0.3 is 20.3 Å². The average molecular weight is 496 g/mol. The van der Waals surface area contributed by atoms with Crippen LogP contribution in [0.1, 0.15) is 20.8 Å². The van der Waals surface area contributed by atoms with Gasteiger partial charge in [0.2, 0.25) is 0 Å². The smallest absolute Gasteiger partial charge is 0.191 e. The average Bonchev–Trinajstić information content (AvgIpc) is 2.62. The van der Waals surface area contributed by atoms with Crippen molar-refractivity contribution < 1.29 is 4.74 Å². The Bertz CT molecular complexity index is 428. The van der Waals surface area contributed by atoms with Crippen molar-refractivity contribution in [2.45, 2.75) is 32.9 Å². The Kier molecular flexibility index (Phi) is 12.1. The topological polar surface area (TPSA) is 55.4 Å². The van der Waals surface area contributed by atoms with Gasteiger partial charge in [0, 0.05) is 72.0 Å². The molecule has 0 radical (unpaired) electrons. The van der Waals surface area contributed by atoms with Gasteiger partial charge in [-0.2, -0.15) is 0 Å². The second kappa shape index (κ2) is 13.1. The third kappa shape index (κ3) is 9.25. The van der Waals surface area contributed by atoms with Gasteiger partial charge in [-0.25, -0.2) is 0 Å². The van der Waals surface area contributed by atoms with Gasteiger partial charge in [0.15, 0.2) is 5.96 Å². The SMILES string of the molecule is CN=C(NCC1CN(CC(C)C)CCO1)NCC(C)N1CCN(C)CC1.I. The zero-order valence-corrected chi connectivity index (χ0v) is 20.2. The number of halogens is 1. The number of ether oxygens (including phenoxy) is 1. The summed E-state index contributed by atoms with van der Waals surface area (Å²) in [5, 5.41) is 6.91. The first-order valence-corrected chi connectivity index (χ1v) is 10.2. The van der Waals surface area contributed by atoms with E-state index in [0.717, 1.165) is 71.5 Å². The Morgan fingerprint density at radius 1 is 1.11 bits per heavy atom. The molecular weight excluding hydrogens is 455 g/mol. The van der Waals surface area contributed by atoms with Gasteiger partial charge >= 0.3 is 0 Å². The van der Waals surface area contributed by atoms with Crippen LogP contribution < -0.4 is 10.6 Å². The molecule has 0 bridgehead atoms. The maximum atomic E-state index is 5.92. The van der Waals surface area contributed by atoms with Gasteiger partial charge in [0.05, 0.1) is 12.7 Å². The minimum Gasteiger partial charge on any atom is -0.374 e. The lowest BCUT2D eigenvalue weighted by Crippen LogP contribution is -2.53. The van der Waals surface area contributed by atoms with Crippen LogP contribution in [-0.2, 0) is 4.74 Å². The van der Waals surface area contributed by atoms with Crippen LogP contribution in [-0.4, -0.2) is 112 Å². The zero-order chi connectivity index (χ0) is 18.9. The van der Waals surface area contributed by atoms with Crippen molar-refractivity contribution >= 4 is 29.9 Å². The van der Waals surface area contributed by atoms with Gasteiger partial charge in [0.1, 0.15) is 0 Å². The fraction of sp³-hybridized carbons (Fsp3) is 0.947. The fourth-order valence-electron chi connectivity index (χ4n) is 3.65. The molecule has 27 heavy (non-hydrogen) atoms. The molecule has 7 nitrogen and oxygen atoms in total. The van der Waals surface area contributed by atoms with Gasteiger partial charge in [-0.05, 0) is 19.9 Å². The van der Waals surface area contributed by atoms with Gasteiger partial charge in [-0.3, -0.25) is 14.8 Å². The highest BCUT2D eigenvalue weighted by Crippen LogP contribution is 2.07. The molecule has 0 aromatic rings. The zero-order valence-electron chi connectivity index (χ0n) is 17.9. The van der Waals surface area contributed by atoms with E-state index in [-0.39, 0.29) is 30.1 Å². The van der Waals surface area contributed by atoms with Crippen molar-refractivity contribution in [2.75, 3.05) is 79.6 Å². The van der Waals surface area contributed by atoms with Gasteiger partial charge in [0.25, 0.3) is 0 Å². The molecule has 0 aromatic carbocycles. The summed E-state index contributed by atoms with van der Waals surface area (Å²) < 4.78 is 5.92. The number of aliphatic imine (C=N–C) groups is 1. The fourth-order valence-corrected chi connectivity index (χ4v) is 3.65. The maximum absolute atomic E-state index is 5.92. The largest absolute Gasteiger partial charge is 0.374 e. The minimum absolute atomic E-state index is 0. The number of morpholine rings is 1. The number of piperazine rings is 1. The van der Waals surface area contributed by atoms with Crippen LogP contribution in [0, 0.1) is 5.92 Å². The van der Waals surface area contributed by atoms with Crippen molar-refractivity contribution in [3.05, 3.63) is 0 Å². The van der Waals surface area contributed by atoms with Crippen LogP contribution in [0.3, 0.4) is 0 Å². The summed E-state index contributed by atoms with van der Waals surface area (Å²) in [6.07, 6.45) is 0.233. The standard InChI is InChI=1S/C19H40N6O.HI/c1-16(2)14-24-10-11-26-18(15-24)13-22-19(20-4)21-12-17(3)25-8-6-23(5)7-9-25;/h16-18H,6-15H2,1-5H3,(H2,20,21,22);1H. The van der Waals surface area contributed by atoms with E-state index in [1.807, 2.05) is 7.05 Å². The molecule has 2 rings (SSSR count). The van der Waals surface area contributed by atoms with Crippen LogP contribution in [0.25, 0.3) is 0 Å². The van der Waals surface area contributed by atoms with E-state index in [2.05, 4.69) is 58.1 Å². The predicted octanol–water partition coefficient (Wildman–Crippen LogP) is 0.762. The molecule has 2 N–H and O–H groups in total. The molecule has 2 unspecified atom stereocenters. The van der Waals surface area contributed by atoms with Crippen molar-refractivity contribution in [3.63, 3.8) is 0 Å². The maximum Gasteiger partial charge on any atom is 0.191 e. The van der Waals surface area contributed by atoms with E-state index in [1.54, 1.807) is 0 Å². The first kappa shape index (κ1) is 24.9. The third-order valence-corrected chi connectivity index (χ3v) is 5.29. The van der Waals surface area contributed by atoms with E-state index in [1.165, 1.54) is 0 Å². The predicted molar refractivity (Wildman–Crippen MR) is 124 cm³/mol. The highest BCUT2D eigenvalue weighted by Gasteiger charge is 2.22. The molecule has 2 aliphatic rings. The molecule has 2 saturated heterocycles. The number of nitrogens with one attached hydrogen (secondary N) is 2. The molecule has 0 aliphatic carbocycles. The molecule has 2 aliphatic heterocycles. The Morgan fingerprint density at radius 2 is 1.81 bits per heavy atom. The molecule has 8 heteroatoms. The number of nitrogens with zero attached hydrogens (tertiary/aromatic N) is 4. The molecule has 160 valence electrons. The van der Waals surface area contributed by atoms with Crippen molar-refractivity contribution in [1.29, 1.82) is 0 Å². The lowest BCUT2D eigenvalue weighted by atomic mass is 10.2. The lowest BCUT2D eigenvalue weighted by molar-refractivity contribution is -0.0284. The van der Waals surface area contributed by atoms with Crippen molar-refractivity contribution in [3.8, 4) is 0 Å².